The molecule has 0 unspecified atom stereocenters. The van der Waals surface area contributed by atoms with Gasteiger partial charge in [-0.05, 0) is 31.0 Å². The lowest BCUT2D eigenvalue weighted by Crippen LogP contribution is -2.51. The van der Waals surface area contributed by atoms with E-state index in [4.69, 9.17) is 4.74 Å². The fourth-order valence-electron chi connectivity index (χ4n) is 2.20. The highest BCUT2D eigenvalue weighted by Gasteiger charge is 2.19. The van der Waals surface area contributed by atoms with Gasteiger partial charge in [-0.3, -0.25) is 4.79 Å². The van der Waals surface area contributed by atoms with Crippen LogP contribution in [0.1, 0.15) is 11.1 Å². The van der Waals surface area contributed by atoms with Crippen LogP contribution in [0.5, 0.6) is 5.75 Å². The minimum absolute atomic E-state index is 0.136. The van der Waals surface area contributed by atoms with Crippen LogP contribution in [0.25, 0.3) is 0 Å². The Morgan fingerprint density at radius 3 is 2.67 bits per heavy atom. The third-order valence-electron chi connectivity index (χ3n) is 3.76. The minimum Gasteiger partial charge on any atom is -0.473 e. The number of carbonyl (C=O) groups is 2. The van der Waals surface area contributed by atoms with Crippen LogP contribution in [-0.4, -0.2) is 55.2 Å². The van der Waals surface area contributed by atoms with Crippen molar-refractivity contribution >= 4 is 12.4 Å². The van der Waals surface area contributed by atoms with E-state index in [0.717, 1.165) is 23.3 Å². The summed E-state index contributed by atoms with van der Waals surface area (Å²) in [5.41, 5.74) is 2.23. The van der Waals surface area contributed by atoms with Crippen molar-refractivity contribution in [2.45, 2.75) is 13.8 Å². The molecule has 0 radical (unpaired) electrons. The molecule has 1 aliphatic rings. The molecule has 0 spiro atoms. The van der Waals surface area contributed by atoms with Gasteiger partial charge in [-0.2, -0.15) is 0 Å². The lowest BCUT2D eigenvalue weighted by atomic mass is 10.1. The van der Waals surface area contributed by atoms with E-state index in [2.05, 4.69) is 5.32 Å². The first-order valence-electron chi connectivity index (χ1n) is 7.03. The third kappa shape index (κ3) is 3.87. The van der Waals surface area contributed by atoms with Crippen molar-refractivity contribution in [1.29, 1.82) is 0 Å². The van der Waals surface area contributed by atoms with Gasteiger partial charge >= 0.3 is 6.03 Å². The molecule has 114 valence electrons. The standard InChI is InChI=1S/C15H21N3O3/c1-12-4-3-5-14(13(12)2)21-10-16-15(20)18-8-6-17(11-19)7-9-18/h3-5,11H,6-10H2,1-2H3,(H,16,20). The predicted octanol–water partition coefficient (Wildman–Crippen LogP) is 1.12. The zero-order valence-corrected chi connectivity index (χ0v) is 12.5. The molecule has 0 atom stereocenters. The second kappa shape index (κ2) is 6.97. The van der Waals surface area contributed by atoms with Gasteiger partial charge in [0.2, 0.25) is 6.41 Å². The smallest absolute Gasteiger partial charge is 0.320 e. The van der Waals surface area contributed by atoms with Crippen LogP contribution in [0.4, 0.5) is 4.79 Å². The summed E-state index contributed by atoms with van der Waals surface area (Å²) in [6, 6.07) is 5.67. The molecule has 6 nitrogen and oxygen atoms in total. The molecule has 21 heavy (non-hydrogen) atoms. The first kappa shape index (κ1) is 15.2. The maximum Gasteiger partial charge on any atom is 0.320 e. The Hall–Kier alpha value is -2.24. The van der Waals surface area contributed by atoms with E-state index in [1.165, 1.54) is 0 Å². The Morgan fingerprint density at radius 2 is 2.00 bits per heavy atom. The zero-order valence-electron chi connectivity index (χ0n) is 12.5. The monoisotopic (exact) mass is 291 g/mol. The number of hydrogen-bond acceptors (Lipinski definition) is 3. The molecule has 1 saturated heterocycles. The van der Waals surface area contributed by atoms with Crippen molar-refractivity contribution in [3.63, 3.8) is 0 Å². The van der Waals surface area contributed by atoms with E-state index < -0.39 is 0 Å². The van der Waals surface area contributed by atoms with Crippen molar-refractivity contribution in [2.75, 3.05) is 32.9 Å². The molecule has 1 N–H and O–H groups in total. The summed E-state index contributed by atoms with van der Waals surface area (Å²) in [6.45, 7) is 6.40. The van der Waals surface area contributed by atoms with Crippen molar-refractivity contribution in [2.24, 2.45) is 0 Å². The second-order valence-electron chi connectivity index (χ2n) is 5.10. The van der Waals surface area contributed by atoms with Crippen LogP contribution in [0.15, 0.2) is 18.2 Å². The molecule has 6 heteroatoms. The molecule has 1 aromatic carbocycles. The molecule has 3 amide bonds. The van der Waals surface area contributed by atoms with Crippen molar-refractivity contribution in [3.05, 3.63) is 29.3 Å². The predicted molar refractivity (Wildman–Crippen MR) is 79.2 cm³/mol. The molecule has 1 aromatic rings. The average Bonchev–Trinajstić information content (AvgIpc) is 2.51. The second-order valence-corrected chi connectivity index (χ2v) is 5.10. The topological polar surface area (TPSA) is 61.9 Å². The van der Waals surface area contributed by atoms with Gasteiger partial charge < -0.3 is 19.9 Å². The number of benzene rings is 1. The lowest BCUT2D eigenvalue weighted by molar-refractivity contribution is -0.119. The van der Waals surface area contributed by atoms with E-state index >= 15 is 0 Å². The van der Waals surface area contributed by atoms with Gasteiger partial charge in [0, 0.05) is 26.2 Å². The number of aryl methyl sites for hydroxylation is 1. The summed E-state index contributed by atoms with van der Waals surface area (Å²) in [7, 11) is 0. The molecule has 0 aromatic heterocycles. The molecule has 1 fully saturated rings. The quantitative estimate of drug-likeness (QED) is 0.668. The number of rotatable bonds is 4. The number of ether oxygens (including phenoxy) is 1. The average molecular weight is 291 g/mol. The van der Waals surface area contributed by atoms with Crippen LogP contribution in [0, 0.1) is 13.8 Å². The van der Waals surface area contributed by atoms with Crippen LogP contribution in [0.2, 0.25) is 0 Å². The molecule has 0 saturated carbocycles. The van der Waals surface area contributed by atoms with Gasteiger partial charge in [0.05, 0.1) is 0 Å². The summed E-state index contributed by atoms with van der Waals surface area (Å²) < 4.78 is 5.60. The Kier molecular flexibility index (Phi) is 5.03. The fraction of sp³-hybridized carbons (Fsp3) is 0.467. The molecule has 1 aliphatic heterocycles. The SMILES string of the molecule is Cc1cccc(OCNC(=O)N2CCN(C=O)CC2)c1C. The van der Waals surface area contributed by atoms with Crippen LogP contribution >= 0.6 is 0 Å². The first-order chi connectivity index (χ1) is 10.1. The number of carbonyl (C=O) groups excluding carboxylic acids is 2. The first-order valence-corrected chi connectivity index (χ1v) is 7.03. The Labute approximate surface area is 124 Å². The highest BCUT2D eigenvalue weighted by atomic mass is 16.5. The Morgan fingerprint density at radius 1 is 1.29 bits per heavy atom. The van der Waals surface area contributed by atoms with E-state index in [1.807, 2.05) is 32.0 Å². The van der Waals surface area contributed by atoms with Gasteiger partial charge in [-0.25, -0.2) is 4.79 Å². The molecule has 0 aliphatic carbocycles. The van der Waals surface area contributed by atoms with Gasteiger partial charge in [-0.1, -0.05) is 12.1 Å². The molecule has 2 rings (SSSR count). The number of nitrogens with one attached hydrogen (secondary N) is 1. The number of amides is 3. The van der Waals surface area contributed by atoms with Crippen LogP contribution < -0.4 is 10.1 Å². The fourth-order valence-corrected chi connectivity index (χ4v) is 2.20. The molecule has 1 heterocycles. The zero-order chi connectivity index (χ0) is 15.2. The van der Waals surface area contributed by atoms with Crippen molar-refractivity contribution in [3.8, 4) is 5.75 Å². The van der Waals surface area contributed by atoms with E-state index in [0.29, 0.717) is 26.2 Å². The number of hydrogen-bond donors (Lipinski definition) is 1. The summed E-state index contributed by atoms with van der Waals surface area (Å²) in [5.74, 6) is 0.779. The maximum absolute atomic E-state index is 12.0. The largest absolute Gasteiger partial charge is 0.473 e. The third-order valence-corrected chi connectivity index (χ3v) is 3.76. The van der Waals surface area contributed by atoms with Gasteiger partial charge in [0.15, 0.2) is 6.73 Å². The number of piperazine rings is 1. The van der Waals surface area contributed by atoms with Crippen molar-refractivity contribution in [1.82, 2.24) is 15.1 Å². The summed E-state index contributed by atoms with van der Waals surface area (Å²) in [4.78, 5) is 25.9. The molecular weight excluding hydrogens is 270 g/mol. The van der Waals surface area contributed by atoms with Crippen LogP contribution in [0.3, 0.4) is 0 Å². The highest BCUT2D eigenvalue weighted by Crippen LogP contribution is 2.20. The van der Waals surface area contributed by atoms with E-state index in [-0.39, 0.29) is 12.8 Å². The minimum atomic E-state index is -0.161. The molecule has 0 bridgehead atoms. The van der Waals surface area contributed by atoms with Crippen molar-refractivity contribution < 1.29 is 14.3 Å². The van der Waals surface area contributed by atoms with Gasteiger partial charge in [-0.15, -0.1) is 0 Å². The van der Waals surface area contributed by atoms with Gasteiger partial charge in [0.1, 0.15) is 5.75 Å². The Balaban J connectivity index is 1.77. The summed E-state index contributed by atoms with van der Waals surface area (Å²) >= 11 is 0. The highest BCUT2D eigenvalue weighted by molar-refractivity contribution is 5.74. The van der Waals surface area contributed by atoms with Crippen LogP contribution in [-0.2, 0) is 4.79 Å². The Bertz CT molecular complexity index is 511. The number of nitrogens with zero attached hydrogens (tertiary/aromatic N) is 2. The lowest BCUT2D eigenvalue weighted by Gasteiger charge is -2.32. The normalized spacial score (nSPS) is 14.8. The summed E-state index contributed by atoms with van der Waals surface area (Å²) in [5, 5.41) is 2.74. The number of urea groups is 1. The van der Waals surface area contributed by atoms with Gasteiger partial charge in [0.25, 0.3) is 0 Å². The van der Waals surface area contributed by atoms with E-state index in [1.54, 1.807) is 9.80 Å². The summed E-state index contributed by atoms with van der Waals surface area (Å²) in [6.07, 6.45) is 0.818. The molecular formula is C15H21N3O3. The maximum atomic E-state index is 12.0. The van der Waals surface area contributed by atoms with E-state index in [9.17, 15) is 9.59 Å².